The lowest BCUT2D eigenvalue weighted by Gasteiger charge is -2.17. The molecule has 0 amide bonds. The van der Waals surface area contributed by atoms with E-state index in [9.17, 15) is 0 Å². The Morgan fingerprint density at radius 1 is 1.13 bits per heavy atom. The fourth-order valence-corrected chi connectivity index (χ4v) is 1.82. The molecule has 0 saturated heterocycles. The van der Waals surface area contributed by atoms with Crippen molar-refractivity contribution in [2.45, 2.75) is 20.4 Å². The number of aromatic nitrogens is 1. The van der Waals surface area contributed by atoms with Crippen molar-refractivity contribution in [1.29, 1.82) is 0 Å². The Bertz CT molecular complexity index is 280. The van der Waals surface area contributed by atoms with Gasteiger partial charge in [-0.25, -0.2) is 4.98 Å². The van der Waals surface area contributed by atoms with Gasteiger partial charge in [0, 0.05) is 6.54 Å². The van der Waals surface area contributed by atoms with E-state index >= 15 is 0 Å². The molecule has 2 nitrogen and oxygen atoms in total. The fourth-order valence-electron chi connectivity index (χ4n) is 1.31. The molecule has 0 unspecified atom stereocenters. The van der Waals surface area contributed by atoms with Gasteiger partial charge in [0.1, 0.15) is 10.3 Å². The van der Waals surface area contributed by atoms with Crippen molar-refractivity contribution in [3.63, 3.8) is 0 Å². The SMILES string of the molecule is CCN(CC)Cc1cc(Cl)nc(Cl)c1.Cl. The molecule has 15 heavy (non-hydrogen) atoms. The lowest BCUT2D eigenvalue weighted by atomic mass is 10.2. The average molecular weight is 270 g/mol. The number of rotatable bonds is 4. The van der Waals surface area contributed by atoms with Crippen molar-refractivity contribution in [3.05, 3.63) is 28.0 Å². The van der Waals surface area contributed by atoms with Crippen LogP contribution in [-0.4, -0.2) is 23.0 Å². The predicted octanol–water partition coefficient (Wildman–Crippen LogP) is 3.65. The molecule has 5 heteroatoms. The van der Waals surface area contributed by atoms with Crippen molar-refractivity contribution >= 4 is 35.6 Å². The summed E-state index contributed by atoms with van der Waals surface area (Å²) in [5.74, 6) is 0. The molecule has 1 aromatic rings. The van der Waals surface area contributed by atoms with Crippen LogP contribution >= 0.6 is 35.6 Å². The van der Waals surface area contributed by atoms with Gasteiger partial charge in [-0.15, -0.1) is 12.4 Å². The van der Waals surface area contributed by atoms with Gasteiger partial charge >= 0.3 is 0 Å². The van der Waals surface area contributed by atoms with Crippen molar-refractivity contribution in [1.82, 2.24) is 9.88 Å². The van der Waals surface area contributed by atoms with Gasteiger partial charge in [-0.3, -0.25) is 4.90 Å². The van der Waals surface area contributed by atoms with Gasteiger partial charge in [-0.1, -0.05) is 37.0 Å². The number of pyridine rings is 1. The summed E-state index contributed by atoms with van der Waals surface area (Å²) in [7, 11) is 0. The maximum atomic E-state index is 5.81. The summed E-state index contributed by atoms with van der Waals surface area (Å²) in [5, 5.41) is 0.916. The Morgan fingerprint density at radius 3 is 2.00 bits per heavy atom. The van der Waals surface area contributed by atoms with Crippen LogP contribution in [-0.2, 0) is 6.54 Å². The molecule has 86 valence electrons. The van der Waals surface area contributed by atoms with Crippen LogP contribution in [0.15, 0.2) is 12.1 Å². The molecule has 0 N–H and O–H groups in total. The first-order valence-corrected chi connectivity index (χ1v) is 5.45. The molecule has 0 aliphatic rings. The Labute approximate surface area is 107 Å². The molecular formula is C10H15Cl3N2. The summed E-state index contributed by atoms with van der Waals surface area (Å²) >= 11 is 11.6. The maximum Gasteiger partial charge on any atom is 0.131 e. The van der Waals surface area contributed by atoms with E-state index in [1.807, 2.05) is 12.1 Å². The molecule has 0 atom stereocenters. The zero-order valence-electron chi connectivity index (χ0n) is 8.83. The molecule has 1 heterocycles. The normalized spacial score (nSPS) is 10.2. The van der Waals surface area contributed by atoms with E-state index in [2.05, 4.69) is 23.7 Å². The fraction of sp³-hybridized carbons (Fsp3) is 0.500. The van der Waals surface area contributed by atoms with Gasteiger partial charge in [0.05, 0.1) is 0 Å². The maximum absolute atomic E-state index is 5.81. The van der Waals surface area contributed by atoms with Crippen molar-refractivity contribution in [3.8, 4) is 0 Å². The Balaban J connectivity index is 0.00000196. The second kappa shape index (κ2) is 7.29. The molecular weight excluding hydrogens is 254 g/mol. The van der Waals surface area contributed by atoms with Crippen LogP contribution in [0.25, 0.3) is 0 Å². The lowest BCUT2D eigenvalue weighted by molar-refractivity contribution is 0.296. The average Bonchev–Trinajstić information content (AvgIpc) is 2.12. The minimum absolute atomic E-state index is 0. The molecule has 0 bridgehead atoms. The van der Waals surface area contributed by atoms with E-state index in [0.717, 1.165) is 25.2 Å². The van der Waals surface area contributed by atoms with Gasteiger partial charge in [0.15, 0.2) is 0 Å². The van der Waals surface area contributed by atoms with E-state index < -0.39 is 0 Å². The highest BCUT2D eigenvalue weighted by Gasteiger charge is 2.03. The number of halogens is 3. The minimum Gasteiger partial charge on any atom is -0.300 e. The number of hydrogen-bond acceptors (Lipinski definition) is 2. The van der Waals surface area contributed by atoms with Crippen LogP contribution < -0.4 is 0 Å². The van der Waals surface area contributed by atoms with Crippen molar-refractivity contribution < 1.29 is 0 Å². The summed E-state index contributed by atoms with van der Waals surface area (Å²) in [5.41, 5.74) is 1.11. The number of nitrogens with zero attached hydrogens (tertiary/aromatic N) is 2. The molecule has 1 rings (SSSR count). The zero-order chi connectivity index (χ0) is 10.6. The van der Waals surface area contributed by atoms with Crippen LogP contribution in [0.4, 0.5) is 0 Å². The van der Waals surface area contributed by atoms with Crippen molar-refractivity contribution in [2.75, 3.05) is 13.1 Å². The van der Waals surface area contributed by atoms with Crippen LogP contribution in [0.2, 0.25) is 10.3 Å². The van der Waals surface area contributed by atoms with Gasteiger partial charge in [-0.05, 0) is 30.8 Å². The Hall–Kier alpha value is -0.0200. The Kier molecular flexibility index (Phi) is 7.28. The third-order valence-electron chi connectivity index (χ3n) is 2.12. The molecule has 0 spiro atoms. The first-order chi connectivity index (χ1) is 6.65. The third-order valence-corrected chi connectivity index (χ3v) is 2.51. The highest BCUT2D eigenvalue weighted by Crippen LogP contribution is 2.15. The summed E-state index contributed by atoms with van der Waals surface area (Å²) in [6, 6.07) is 3.71. The molecule has 1 aromatic heterocycles. The largest absolute Gasteiger partial charge is 0.300 e. The molecule has 0 radical (unpaired) electrons. The predicted molar refractivity (Wildman–Crippen MR) is 68.1 cm³/mol. The van der Waals surface area contributed by atoms with Gasteiger partial charge in [0.2, 0.25) is 0 Å². The van der Waals surface area contributed by atoms with E-state index in [-0.39, 0.29) is 12.4 Å². The molecule has 0 aromatic carbocycles. The second-order valence-electron chi connectivity index (χ2n) is 3.08. The van der Waals surface area contributed by atoms with Gasteiger partial charge in [0.25, 0.3) is 0 Å². The molecule has 0 aliphatic carbocycles. The standard InChI is InChI=1S/C10H14Cl2N2.ClH/c1-3-14(4-2)7-8-5-9(11)13-10(12)6-8;/h5-6H,3-4,7H2,1-2H3;1H. The zero-order valence-corrected chi connectivity index (χ0v) is 11.2. The van der Waals surface area contributed by atoms with E-state index in [0.29, 0.717) is 10.3 Å². The second-order valence-corrected chi connectivity index (χ2v) is 3.86. The summed E-state index contributed by atoms with van der Waals surface area (Å²) in [4.78, 5) is 6.20. The lowest BCUT2D eigenvalue weighted by Crippen LogP contribution is -2.22. The highest BCUT2D eigenvalue weighted by atomic mass is 35.5. The van der Waals surface area contributed by atoms with Crippen molar-refractivity contribution in [2.24, 2.45) is 0 Å². The van der Waals surface area contributed by atoms with Gasteiger partial charge in [-0.2, -0.15) is 0 Å². The summed E-state index contributed by atoms with van der Waals surface area (Å²) in [6.45, 7) is 7.18. The minimum atomic E-state index is 0. The molecule has 0 saturated carbocycles. The highest BCUT2D eigenvalue weighted by molar-refractivity contribution is 6.32. The van der Waals surface area contributed by atoms with E-state index in [4.69, 9.17) is 23.2 Å². The molecule has 0 fully saturated rings. The van der Waals surface area contributed by atoms with Gasteiger partial charge < -0.3 is 0 Å². The smallest absolute Gasteiger partial charge is 0.131 e. The third kappa shape index (κ3) is 5.03. The van der Waals surface area contributed by atoms with Crippen LogP contribution in [0.5, 0.6) is 0 Å². The first kappa shape index (κ1) is 15.0. The van der Waals surface area contributed by atoms with Crippen LogP contribution in [0.3, 0.4) is 0 Å². The first-order valence-electron chi connectivity index (χ1n) is 4.70. The molecule has 0 aliphatic heterocycles. The summed E-state index contributed by atoms with van der Waals surface area (Å²) < 4.78 is 0. The Morgan fingerprint density at radius 2 is 1.60 bits per heavy atom. The van der Waals surface area contributed by atoms with E-state index in [1.54, 1.807) is 0 Å². The van der Waals surface area contributed by atoms with Crippen LogP contribution in [0.1, 0.15) is 19.4 Å². The quantitative estimate of drug-likeness (QED) is 0.776. The van der Waals surface area contributed by atoms with E-state index in [1.165, 1.54) is 0 Å². The summed E-state index contributed by atoms with van der Waals surface area (Å²) in [6.07, 6.45) is 0. The van der Waals surface area contributed by atoms with Crippen LogP contribution in [0, 0.1) is 0 Å². The monoisotopic (exact) mass is 268 g/mol. The number of hydrogen-bond donors (Lipinski definition) is 0. The topological polar surface area (TPSA) is 16.1 Å².